The largest absolute Gasteiger partial charge is 0.416 e. The van der Waals surface area contributed by atoms with Gasteiger partial charge < -0.3 is 10.4 Å². The van der Waals surface area contributed by atoms with E-state index >= 15 is 0 Å². The Morgan fingerprint density at radius 1 is 0.941 bits per heavy atom. The van der Waals surface area contributed by atoms with Crippen molar-refractivity contribution < 1.29 is 44.7 Å². The van der Waals surface area contributed by atoms with Crippen molar-refractivity contribution >= 4 is 26.6 Å². The van der Waals surface area contributed by atoms with E-state index in [1.807, 2.05) is 4.90 Å². The summed E-state index contributed by atoms with van der Waals surface area (Å²) in [6, 6.07) is 12.5. The van der Waals surface area contributed by atoms with Crippen LogP contribution in [0, 0.1) is 0 Å². The van der Waals surface area contributed by atoms with Gasteiger partial charge in [0, 0.05) is 48.4 Å². The van der Waals surface area contributed by atoms with Crippen LogP contribution in [0.4, 0.5) is 26.3 Å². The number of likely N-dealkylation sites (tertiary alicyclic amines) is 2. The van der Waals surface area contributed by atoms with Gasteiger partial charge in [-0.15, -0.1) is 0 Å². The summed E-state index contributed by atoms with van der Waals surface area (Å²) in [5.41, 5.74) is -1.53. The Labute approximate surface area is 291 Å². The van der Waals surface area contributed by atoms with E-state index in [0.29, 0.717) is 38.9 Å². The molecule has 0 saturated carbocycles. The van der Waals surface area contributed by atoms with Crippen LogP contribution >= 0.6 is 0 Å². The minimum absolute atomic E-state index is 0.0123. The van der Waals surface area contributed by atoms with Crippen LogP contribution in [0.2, 0.25) is 0 Å². The van der Waals surface area contributed by atoms with Gasteiger partial charge in [0.15, 0.2) is 15.9 Å². The monoisotopic (exact) mass is 734 g/mol. The predicted octanol–water partition coefficient (Wildman–Crippen LogP) is 6.39. The second kappa shape index (κ2) is 14.2. The summed E-state index contributed by atoms with van der Waals surface area (Å²) in [5, 5.41) is 12.1. The third kappa shape index (κ3) is 8.21. The highest BCUT2D eigenvalue weighted by Crippen LogP contribution is 2.38. The van der Waals surface area contributed by atoms with Crippen LogP contribution in [-0.2, 0) is 22.6 Å². The summed E-state index contributed by atoms with van der Waals surface area (Å²) in [6.07, 6.45) is -7.11. The van der Waals surface area contributed by atoms with Gasteiger partial charge in [-0.2, -0.15) is 26.3 Å². The molecule has 0 bridgehead atoms. The molecule has 51 heavy (non-hydrogen) atoms. The zero-order valence-corrected chi connectivity index (χ0v) is 28.3. The van der Waals surface area contributed by atoms with Crippen molar-refractivity contribution in [2.45, 2.75) is 61.2 Å². The lowest BCUT2D eigenvalue weighted by Crippen LogP contribution is -2.44. The van der Waals surface area contributed by atoms with Gasteiger partial charge in [0.05, 0.1) is 33.3 Å². The number of aromatic nitrogens is 1. The van der Waals surface area contributed by atoms with E-state index in [1.165, 1.54) is 60.7 Å². The smallest absolute Gasteiger partial charge is 0.392 e. The van der Waals surface area contributed by atoms with Crippen LogP contribution in [-0.4, -0.2) is 85.0 Å². The van der Waals surface area contributed by atoms with Gasteiger partial charge in [0.1, 0.15) is 0 Å². The number of carbonyl (C=O) groups is 1. The number of benzene rings is 3. The number of pyridine rings is 1. The van der Waals surface area contributed by atoms with Crippen molar-refractivity contribution in [2.75, 3.05) is 32.4 Å². The summed E-state index contributed by atoms with van der Waals surface area (Å²) < 4.78 is 111. The molecule has 2 saturated heterocycles. The molecule has 1 aromatic heterocycles. The molecule has 2 aliphatic heterocycles. The van der Waals surface area contributed by atoms with Gasteiger partial charge in [0.25, 0.3) is 5.91 Å². The van der Waals surface area contributed by atoms with Crippen LogP contribution < -0.4 is 5.32 Å². The first-order valence-corrected chi connectivity index (χ1v) is 18.3. The number of nitrogens with one attached hydrogen (secondary N) is 1. The van der Waals surface area contributed by atoms with E-state index < -0.39 is 45.8 Å². The van der Waals surface area contributed by atoms with E-state index in [1.54, 1.807) is 0 Å². The number of aliphatic hydroxyl groups excluding tert-OH is 1. The number of piperidine rings is 1. The van der Waals surface area contributed by atoms with Crippen molar-refractivity contribution in [2.24, 2.45) is 0 Å². The Morgan fingerprint density at radius 2 is 1.65 bits per heavy atom. The summed E-state index contributed by atoms with van der Waals surface area (Å²) in [5.74, 6) is -1.19. The number of rotatable bonds is 8. The average Bonchev–Trinajstić information content (AvgIpc) is 3.52. The van der Waals surface area contributed by atoms with Crippen molar-refractivity contribution in [3.8, 4) is 11.3 Å². The van der Waals surface area contributed by atoms with Gasteiger partial charge in [-0.05, 0) is 68.2 Å². The maximum Gasteiger partial charge on any atom is 0.416 e. The molecule has 0 spiro atoms. The Kier molecular flexibility index (Phi) is 10.2. The Balaban J connectivity index is 1.52. The molecule has 2 fully saturated rings. The first kappa shape index (κ1) is 36.7. The van der Waals surface area contributed by atoms with Crippen molar-refractivity contribution in [1.29, 1.82) is 0 Å². The quantitative estimate of drug-likeness (QED) is 0.203. The van der Waals surface area contributed by atoms with E-state index in [2.05, 4.69) is 15.2 Å². The Morgan fingerprint density at radius 3 is 2.25 bits per heavy atom. The lowest BCUT2D eigenvalue weighted by Gasteiger charge is -2.37. The SMILES string of the molecule is CS(=O)(=O)c1ccc2nc(-c3cccc(C(F)(F)F)c3)c(CN3CCC(N4CCC(O)C4)CC3)c(C(=O)NC(c3ccccc3)C(F)(F)F)c2c1. The highest BCUT2D eigenvalue weighted by Gasteiger charge is 2.43. The van der Waals surface area contributed by atoms with Crippen LogP contribution in [0.15, 0.2) is 77.7 Å². The number of halogens is 6. The zero-order chi connectivity index (χ0) is 36.7. The maximum absolute atomic E-state index is 14.5. The number of hydrogen-bond donors (Lipinski definition) is 2. The topological polar surface area (TPSA) is 103 Å². The molecular weight excluding hydrogens is 698 g/mol. The van der Waals surface area contributed by atoms with Gasteiger partial charge in [-0.3, -0.25) is 14.6 Å². The fraction of sp³-hybridized carbons (Fsp3) is 0.389. The Bertz CT molecular complexity index is 2020. The number of nitrogens with zero attached hydrogens (tertiary/aromatic N) is 3. The third-order valence-corrected chi connectivity index (χ3v) is 10.7. The zero-order valence-electron chi connectivity index (χ0n) is 27.5. The molecule has 6 rings (SSSR count). The molecule has 4 aromatic rings. The second-order valence-electron chi connectivity index (χ2n) is 13.1. The van der Waals surface area contributed by atoms with Gasteiger partial charge in [-0.25, -0.2) is 13.4 Å². The number of fused-ring (bicyclic) bond motifs is 1. The molecule has 2 aliphatic rings. The average molecular weight is 735 g/mol. The second-order valence-corrected chi connectivity index (χ2v) is 15.2. The number of alkyl halides is 6. The van der Waals surface area contributed by atoms with Crippen molar-refractivity contribution in [1.82, 2.24) is 20.1 Å². The van der Waals surface area contributed by atoms with E-state index in [4.69, 9.17) is 0 Å². The predicted molar refractivity (Wildman–Crippen MR) is 178 cm³/mol. The fourth-order valence-corrected chi connectivity index (χ4v) is 7.62. The van der Waals surface area contributed by atoms with Crippen LogP contribution in [0.25, 0.3) is 22.2 Å². The molecule has 15 heteroatoms. The molecular formula is C36H36F6N4O4S. The van der Waals surface area contributed by atoms with Gasteiger partial charge in [0.2, 0.25) is 0 Å². The van der Waals surface area contributed by atoms with Crippen molar-refractivity contribution in [3.05, 3.63) is 95.1 Å². The summed E-state index contributed by atoms with van der Waals surface area (Å²) in [6.45, 7) is 2.19. The van der Waals surface area contributed by atoms with E-state index in [-0.39, 0.29) is 56.3 Å². The molecule has 1 amide bonds. The summed E-state index contributed by atoms with van der Waals surface area (Å²) >= 11 is 0. The molecule has 2 unspecified atom stereocenters. The molecule has 2 N–H and O–H groups in total. The highest BCUT2D eigenvalue weighted by atomic mass is 32.2. The first-order valence-electron chi connectivity index (χ1n) is 16.4. The van der Waals surface area contributed by atoms with Crippen LogP contribution in [0.3, 0.4) is 0 Å². The van der Waals surface area contributed by atoms with Crippen LogP contribution in [0.1, 0.15) is 52.4 Å². The highest BCUT2D eigenvalue weighted by molar-refractivity contribution is 7.90. The normalized spacial score (nSPS) is 19.0. The first-order chi connectivity index (χ1) is 24.0. The molecule has 8 nitrogen and oxygen atoms in total. The van der Waals surface area contributed by atoms with Gasteiger partial charge >= 0.3 is 12.4 Å². The molecule has 0 aliphatic carbocycles. The van der Waals surface area contributed by atoms with Gasteiger partial charge in [-0.1, -0.05) is 42.5 Å². The fourth-order valence-electron chi connectivity index (χ4n) is 6.98. The number of β-amino-alcohol motifs (C(OH)–C–C–N with tert-alkyl or cyclic N) is 1. The Hall–Kier alpha value is -4.05. The maximum atomic E-state index is 14.5. The standard InChI is InChI=1S/C36H36F6N4O4S/c1-51(49,50)27-10-11-30-28(19-27)31(34(48)44-33(36(40,41)42)22-6-3-2-4-7-22)29(32(43-30)23-8-5-9-24(18-23)35(37,38)39)21-45-15-12-25(13-16-45)46-17-14-26(47)20-46/h2-11,18-19,25-26,33,47H,12-17,20-21H2,1H3,(H,44,48). The number of hydrogen-bond acceptors (Lipinski definition) is 7. The third-order valence-electron chi connectivity index (χ3n) is 9.56. The minimum Gasteiger partial charge on any atom is -0.392 e. The number of aliphatic hydroxyl groups is 1. The molecule has 3 heterocycles. The molecule has 0 radical (unpaired) electrons. The summed E-state index contributed by atoms with van der Waals surface area (Å²) in [7, 11) is -3.87. The number of amides is 1. The lowest BCUT2D eigenvalue weighted by atomic mass is 9.93. The van der Waals surface area contributed by atoms with E-state index in [0.717, 1.165) is 24.9 Å². The molecule has 272 valence electrons. The number of carbonyl (C=O) groups excluding carboxylic acids is 1. The van der Waals surface area contributed by atoms with E-state index in [9.17, 15) is 44.7 Å². The molecule has 3 aromatic carbocycles. The minimum atomic E-state index is -4.94. The number of sulfone groups is 1. The summed E-state index contributed by atoms with van der Waals surface area (Å²) in [4.78, 5) is 23.0. The lowest BCUT2D eigenvalue weighted by molar-refractivity contribution is -0.155. The van der Waals surface area contributed by atoms with Crippen molar-refractivity contribution in [3.63, 3.8) is 0 Å². The van der Waals surface area contributed by atoms with Crippen LogP contribution in [0.5, 0.6) is 0 Å². The molecule has 2 atom stereocenters.